The molecule has 1 saturated heterocycles. The molecule has 3 aromatic heterocycles. The molecule has 4 heterocycles. The van der Waals surface area contributed by atoms with Crippen LogP contribution in [-0.2, 0) is 6.54 Å². The van der Waals surface area contributed by atoms with Crippen molar-refractivity contribution in [3.05, 3.63) is 53.6 Å². The summed E-state index contributed by atoms with van der Waals surface area (Å²) in [4.78, 5) is 28.2. The Morgan fingerprint density at radius 1 is 1.22 bits per heavy atom. The summed E-state index contributed by atoms with van der Waals surface area (Å²) in [5.74, 6) is -0.101. The molecule has 1 aliphatic heterocycles. The van der Waals surface area contributed by atoms with Crippen molar-refractivity contribution in [2.24, 2.45) is 0 Å². The van der Waals surface area contributed by atoms with E-state index in [9.17, 15) is 9.18 Å². The Morgan fingerprint density at radius 3 is 2.72 bits per heavy atom. The number of hydrogen-bond donors (Lipinski definition) is 2. The Hall–Kier alpha value is -3.31. The number of halogens is 2. The summed E-state index contributed by atoms with van der Waals surface area (Å²) in [6, 6.07) is 5.13. The molecular formula is C20H23ClFN9O. The smallest absolute Gasteiger partial charge is 0.320 e. The normalized spacial score (nSPS) is 14.4. The molecule has 3 aromatic rings. The third kappa shape index (κ3) is 4.94. The quantitative estimate of drug-likeness (QED) is 0.545. The maximum absolute atomic E-state index is 14.7. The van der Waals surface area contributed by atoms with Crippen molar-refractivity contribution in [1.82, 2.24) is 34.9 Å². The standard InChI is InChI=1S/C20H23ClFN9O/c1-2-23-20(32)28-19-17(22)14(24-13-25-19)12-29-8-10-30(11-9-29)15-4-5-16(27-18(15)21)31-7-3-6-26-31/h3-7,13H,2,8-12H2,1H3,(H2,23,24,25,28,32). The van der Waals surface area contributed by atoms with Crippen LogP contribution in [-0.4, -0.2) is 68.4 Å². The Balaban J connectivity index is 1.37. The van der Waals surface area contributed by atoms with E-state index in [1.807, 2.05) is 18.2 Å². The van der Waals surface area contributed by atoms with Crippen LogP contribution >= 0.6 is 11.6 Å². The summed E-state index contributed by atoms with van der Waals surface area (Å²) in [6.45, 7) is 5.33. The lowest BCUT2D eigenvalue weighted by molar-refractivity contribution is 0.243. The van der Waals surface area contributed by atoms with E-state index in [-0.39, 0.29) is 11.5 Å². The van der Waals surface area contributed by atoms with E-state index >= 15 is 0 Å². The van der Waals surface area contributed by atoms with E-state index in [0.717, 1.165) is 5.69 Å². The van der Waals surface area contributed by atoms with Crippen molar-refractivity contribution in [2.75, 3.05) is 42.9 Å². The highest BCUT2D eigenvalue weighted by Crippen LogP contribution is 2.26. The molecule has 0 radical (unpaired) electrons. The topological polar surface area (TPSA) is 104 Å². The molecule has 10 nitrogen and oxygen atoms in total. The van der Waals surface area contributed by atoms with Crippen LogP contribution < -0.4 is 15.5 Å². The molecule has 0 bridgehead atoms. The Morgan fingerprint density at radius 2 is 2.03 bits per heavy atom. The van der Waals surface area contributed by atoms with Gasteiger partial charge in [-0.15, -0.1) is 0 Å². The van der Waals surface area contributed by atoms with Crippen LogP contribution in [0.5, 0.6) is 0 Å². The monoisotopic (exact) mass is 459 g/mol. The largest absolute Gasteiger partial charge is 0.366 e. The summed E-state index contributed by atoms with van der Waals surface area (Å²) in [5, 5.41) is 9.53. The van der Waals surface area contributed by atoms with Crippen molar-refractivity contribution in [3.63, 3.8) is 0 Å². The number of pyridine rings is 1. The van der Waals surface area contributed by atoms with Gasteiger partial charge >= 0.3 is 6.03 Å². The first-order valence-electron chi connectivity index (χ1n) is 10.2. The second-order valence-corrected chi connectivity index (χ2v) is 7.52. The lowest BCUT2D eigenvalue weighted by atomic mass is 10.2. The first-order valence-corrected chi connectivity index (χ1v) is 10.6. The Kier molecular flexibility index (Phi) is 6.76. The average Bonchev–Trinajstić information content (AvgIpc) is 3.32. The Bertz CT molecular complexity index is 1070. The number of nitrogens with zero attached hydrogens (tertiary/aromatic N) is 7. The van der Waals surface area contributed by atoms with E-state index in [4.69, 9.17) is 11.6 Å². The van der Waals surface area contributed by atoms with Gasteiger partial charge in [0.05, 0.1) is 11.4 Å². The fourth-order valence-corrected chi connectivity index (χ4v) is 3.73. The number of nitrogens with one attached hydrogen (secondary N) is 2. The van der Waals surface area contributed by atoms with Gasteiger partial charge in [0, 0.05) is 51.7 Å². The number of amides is 2. The van der Waals surface area contributed by atoms with Gasteiger partial charge < -0.3 is 10.2 Å². The molecule has 2 amide bonds. The number of anilines is 2. The minimum atomic E-state index is -0.623. The van der Waals surface area contributed by atoms with Crippen LogP contribution in [0.4, 0.5) is 20.7 Å². The molecule has 1 aliphatic rings. The van der Waals surface area contributed by atoms with Gasteiger partial charge in [-0.2, -0.15) is 5.10 Å². The summed E-state index contributed by atoms with van der Waals surface area (Å²) in [6.07, 6.45) is 4.74. The van der Waals surface area contributed by atoms with Crippen molar-refractivity contribution in [1.29, 1.82) is 0 Å². The van der Waals surface area contributed by atoms with Crippen LogP contribution in [0.3, 0.4) is 0 Å². The number of piperazine rings is 1. The molecule has 2 N–H and O–H groups in total. The minimum absolute atomic E-state index is 0.130. The highest BCUT2D eigenvalue weighted by molar-refractivity contribution is 6.32. The van der Waals surface area contributed by atoms with Crippen molar-refractivity contribution >= 4 is 29.1 Å². The third-order valence-electron chi connectivity index (χ3n) is 5.07. The number of carbonyl (C=O) groups is 1. The summed E-state index contributed by atoms with van der Waals surface area (Å²) >= 11 is 6.43. The highest BCUT2D eigenvalue weighted by atomic mass is 35.5. The van der Waals surface area contributed by atoms with Gasteiger partial charge in [0.25, 0.3) is 0 Å². The maximum atomic E-state index is 14.7. The predicted molar refractivity (Wildman–Crippen MR) is 119 cm³/mol. The summed E-state index contributed by atoms with van der Waals surface area (Å²) in [7, 11) is 0. The zero-order valence-electron chi connectivity index (χ0n) is 17.5. The minimum Gasteiger partial charge on any atom is -0.366 e. The molecule has 0 aliphatic carbocycles. The number of urea groups is 1. The van der Waals surface area contributed by atoms with Crippen LogP contribution in [0, 0.1) is 5.82 Å². The van der Waals surface area contributed by atoms with E-state index in [1.54, 1.807) is 24.0 Å². The molecule has 1 fully saturated rings. The summed E-state index contributed by atoms with van der Waals surface area (Å²) < 4.78 is 16.4. The van der Waals surface area contributed by atoms with Gasteiger partial charge in [0.1, 0.15) is 6.33 Å². The molecule has 168 valence electrons. The molecule has 0 saturated carbocycles. The molecule has 12 heteroatoms. The maximum Gasteiger partial charge on any atom is 0.320 e. The lowest BCUT2D eigenvalue weighted by Crippen LogP contribution is -2.46. The number of carbonyl (C=O) groups excluding carboxylic acids is 1. The number of rotatable bonds is 6. The third-order valence-corrected chi connectivity index (χ3v) is 5.35. The van der Waals surface area contributed by atoms with Crippen LogP contribution in [0.25, 0.3) is 5.82 Å². The molecule has 0 atom stereocenters. The van der Waals surface area contributed by atoms with E-state index in [1.165, 1.54) is 6.33 Å². The van der Waals surface area contributed by atoms with Crippen LogP contribution in [0.15, 0.2) is 36.9 Å². The highest BCUT2D eigenvalue weighted by Gasteiger charge is 2.22. The van der Waals surface area contributed by atoms with E-state index < -0.39 is 11.8 Å². The number of aromatic nitrogens is 5. The average molecular weight is 460 g/mol. The van der Waals surface area contributed by atoms with Gasteiger partial charge in [-0.25, -0.2) is 28.8 Å². The molecular weight excluding hydrogens is 437 g/mol. The van der Waals surface area contributed by atoms with Crippen LogP contribution in [0.1, 0.15) is 12.6 Å². The van der Waals surface area contributed by atoms with Gasteiger partial charge in [0.2, 0.25) is 0 Å². The van der Waals surface area contributed by atoms with E-state index in [0.29, 0.717) is 50.2 Å². The molecule has 0 unspecified atom stereocenters. The number of hydrogen-bond acceptors (Lipinski definition) is 7. The van der Waals surface area contributed by atoms with Crippen molar-refractivity contribution < 1.29 is 9.18 Å². The fraction of sp³-hybridized carbons (Fsp3) is 0.350. The summed E-state index contributed by atoms with van der Waals surface area (Å²) in [5.41, 5.74) is 1.09. The first-order chi connectivity index (χ1) is 15.5. The first kappa shape index (κ1) is 21.9. The van der Waals surface area contributed by atoms with Crippen molar-refractivity contribution in [2.45, 2.75) is 13.5 Å². The van der Waals surface area contributed by atoms with Gasteiger partial charge in [0.15, 0.2) is 22.6 Å². The van der Waals surface area contributed by atoms with Crippen LogP contribution in [0.2, 0.25) is 5.15 Å². The second kappa shape index (κ2) is 9.88. The van der Waals surface area contributed by atoms with E-state index in [2.05, 4.69) is 40.5 Å². The predicted octanol–water partition coefficient (Wildman–Crippen LogP) is 2.31. The second-order valence-electron chi connectivity index (χ2n) is 7.16. The molecule has 0 spiro atoms. The molecule has 0 aromatic carbocycles. The molecule has 32 heavy (non-hydrogen) atoms. The fourth-order valence-electron chi connectivity index (χ4n) is 3.46. The van der Waals surface area contributed by atoms with Gasteiger partial charge in [-0.1, -0.05) is 11.6 Å². The zero-order chi connectivity index (χ0) is 22.5. The van der Waals surface area contributed by atoms with Gasteiger partial charge in [-0.3, -0.25) is 10.2 Å². The van der Waals surface area contributed by atoms with Crippen molar-refractivity contribution in [3.8, 4) is 5.82 Å². The van der Waals surface area contributed by atoms with Gasteiger partial charge in [-0.05, 0) is 25.1 Å². The molecule has 4 rings (SSSR count). The Labute approximate surface area is 189 Å². The lowest BCUT2D eigenvalue weighted by Gasteiger charge is -2.36. The SMILES string of the molecule is CCNC(=O)Nc1ncnc(CN2CCN(c3ccc(-n4cccn4)nc3Cl)CC2)c1F. The zero-order valence-corrected chi connectivity index (χ0v) is 18.3.